The number of para-hydroxylation sites is 1. The molecule has 2 aromatic rings. The van der Waals surface area contributed by atoms with Crippen molar-refractivity contribution in [3.05, 3.63) is 65.7 Å². The molecule has 0 fully saturated rings. The molecule has 2 aromatic carbocycles. The molecule has 1 heterocycles. The molecule has 0 saturated heterocycles. The molecule has 1 amide bonds. The number of hydrogen-bond donors (Lipinski definition) is 2. The van der Waals surface area contributed by atoms with Crippen molar-refractivity contribution in [3.63, 3.8) is 0 Å². The zero-order valence-electron chi connectivity index (χ0n) is 11.5. The third-order valence-corrected chi connectivity index (χ3v) is 3.17. The number of anilines is 1. The lowest BCUT2D eigenvalue weighted by molar-refractivity contribution is -0.131. The van der Waals surface area contributed by atoms with Gasteiger partial charge >= 0.3 is 5.97 Å². The van der Waals surface area contributed by atoms with Gasteiger partial charge in [-0.3, -0.25) is 4.79 Å². The average molecular weight is 292 g/mol. The van der Waals surface area contributed by atoms with Crippen molar-refractivity contribution < 1.29 is 14.7 Å². The van der Waals surface area contributed by atoms with E-state index >= 15 is 0 Å². The summed E-state index contributed by atoms with van der Waals surface area (Å²) in [6.45, 7) is 0. The number of carbonyl (C=O) groups is 2. The van der Waals surface area contributed by atoms with Gasteiger partial charge in [0.1, 0.15) is 5.71 Å². The quantitative estimate of drug-likeness (QED) is 0.854. The molecule has 0 unspecified atom stereocenters. The zero-order valence-corrected chi connectivity index (χ0v) is 11.5. The Hall–Kier alpha value is -3.21. The Morgan fingerprint density at radius 2 is 1.95 bits per heavy atom. The number of amides is 1. The minimum atomic E-state index is -1.01. The molecule has 0 saturated carbocycles. The highest BCUT2D eigenvalue weighted by Crippen LogP contribution is 2.25. The minimum absolute atomic E-state index is 0.243. The maximum Gasteiger partial charge on any atom is 0.328 e. The predicted octanol–water partition coefficient (Wildman–Crippen LogP) is 2.86. The molecule has 22 heavy (non-hydrogen) atoms. The molecule has 0 bridgehead atoms. The summed E-state index contributed by atoms with van der Waals surface area (Å²) in [7, 11) is 0. The van der Waals surface area contributed by atoms with Gasteiger partial charge in [0.15, 0.2) is 0 Å². The van der Waals surface area contributed by atoms with Crippen LogP contribution in [0.5, 0.6) is 0 Å². The number of fused-ring (bicyclic) bond motifs is 1. The summed E-state index contributed by atoms with van der Waals surface area (Å²) >= 11 is 0. The summed E-state index contributed by atoms with van der Waals surface area (Å²) in [6.07, 6.45) is 2.54. The minimum Gasteiger partial charge on any atom is -0.478 e. The summed E-state index contributed by atoms with van der Waals surface area (Å²) in [5.74, 6) is -1.26. The largest absolute Gasteiger partial charge is 0.478 e. The Morgan fingerprint density at radius 3 is 2.77 bits per heavy atom. The number of nitrogens with one attached hydrogen (secondary N) is 1. The summed E-state index contributed by atoms with van der Waals surface area (Å²) in [4.78, 5) is 26.9. The van der Waals surface area contributed by atoms with Crippen LogP contribution in [0.15, 0.2) is 59.6 Å². The van der Waals surface area contributed by atoms with E-state index in [1.807, 2.05) is 24.3 Å². The molecule has 5 heteroatoms. The van der Waals surface area contributed by atoms with Gasteiger partial charge < -0.3 is 10.4 Å². The standard InChI is InChI=1S/C17H12N2O3/c20-15(21)9-8-11-4-3-5-12(10-11)18-16-13-6-1-2-7-14(13)19-17(16)22/h1-10H,(H,20,21)(H,18,19,22)/b9-8+. The number of hydrogen-bond acceptors (Lipinski definition) is 3. The van der Waals surface area contributed by atoms with Crippen LogP contribution in [0.2, 0.25) is 0 Å². The number of aliphatic carboxylic acids is 1. The van der Waals surface area contributed by atoms with Gasteiger partial charge in [-0.1, -0.05) is 30.3 Å². The van der Waals surface area contributed by atoms with Crippen molar-refractivity contribution >= 4 is 35.0 Å². The summed E-state index contributed by atoms with van der Waals surface area (Å²) in [5, 5.41) is 11.4. The summed E-state index contributed by atoms with van der Waals surface area (Å²) < 4.78 is 0. The smallest absolute Gasteiger partial charge is 0.328 e. The summed E-state index contributed by atoms with van der Waals surface area (Å²) in [6, 6.07) is 14.4. The van der Waals surface area contributed by atoms with E-state index < -0.39 is 5.97 Å². The first-order valence-electron chi connectivity index (χ1n) is 6.64. The lowest BCUT2D eigenvalue weighted by Crippen LogP contribution is -2.13. The summed E-state index contributed by atoms with van der Waals surface area (Å²) in [5.41, 5.74) is 3.16. The number of carboxylic acids is 1. The third kappa shape index (κ3) is 2.78. The number of aliphatic imine (C=N–C) groups is 1. The predicted molar refractivity (Wildman–Crippen MR) is 84.4 cm³/mol. The monoisotopic (exact) mass is 292 g/mol. The Kier molecular flexibility index (Phi) is 3.53. The first kappa shape index (κ1) is 13.8. The number of carboxylic acid groups (broad SMARTS) is 1. The SMILES string of the molecule is O=C(O)/C=C/c1cccc(N=C2C(=O)Nc3ccccc32)c1. The molecule has 0 spiro atoms. The van der Waals surface area contributed by atoms with Crippen LogP contribution < -0.4 is 5.32 Å². The molecule has 108 valence electrons. The van der Waals surface area contributed by atoms with Gasteiger partial charge in [0, 0.05) is 11.6 Å². The van der Waals surface area contributed by atoms with Crippen LogP contribution in [0, 0.1) is 0 Å². The topological polar surface area (TPSA) is 78.8 Å². The van der Waals surface area contributed by atoms with Gasteiger partial charge in [0.25, 0.3) is 5.91 Å². The van der Waals surface area contributed by atoms with E-state index in [9.17, 15) is 9.59 Å². The van der Waals surface area contributed by atoms with Crippen LogP contribution >= 0.6 is 0 Å². The number of carbonyl (C=O) groups excluding carboxylic acids is 1. The van der Waals surface area contributed by atoms with Crippen molar-refractivity contribution in [2.24, 2.45) is 4.99 Å². The van der Waals surface area contributed by atoms with E-state index in [2.05, 4.69) is 10.3 Å². The lowest BCUT2D eigenvalue weighted by Gasteiger charge is -1.99. The Balaban J connectivity index is 1.97. The van der Waals surface area contributed by atoms with E-state index in [1.165, 1.54) is 6.08 Å². The Bertz CT molecular complexity index is 822. The first-order valence-corrected chi connectivity index (χ1v) is 6.64. The molecule has 5 nitrogen and oxygen atoms in total. The second kappa shape index (κ2) is 5.65. The molecule has 0 atom stereocenters. The second-order valence-electron chi connectivity index (χ2n) is 4.73. The fourth-order valence-corrected chi connectivity index (χ4v) is 2.21. The van der Waals surface area contributed by atoms with Crippen LogP contribution in [-0.2, 0) is 9.59 Å². The normalized spacial score (nSPS) is 15.1. The van der Waals surface area contributed by atoms with Gasteiger partial charge in [-0.05, 0) is 29.8 Å². The number of benzene rings is 2. The fraction of sp³-hybridized carbons (Fsp3) is 0. The molecule has 2 N–H and O–H groups in total. The highest BCUT2D eigenvalue weighted by Gasteiger charge is 2.25. The molecule has 0 aliphatic carbocycles. The molecule has 0 radical (unpaired) electrons. The van der Waals surface area contributed by atoms with Crippen molar-refractivity contribution in [2.45, 2.75) is 0 Å². The number of rotatable bonds is 3. The van der Waals surface area contributed by atoms with Gasteiger partial charge in [-0.15, -0.1) is 0 Å². The van der Waals surface area contributed by atoms with E-state index in [0.29, 0.717) is 17.0 Å². The van der Waals surface area contributed by atoms with Gasteiger partial charge in [0.2, 0.25) is 0 Å². The van der Waals surface area contributed by atoms with Crippen LogP contribution in [0.1, 0.15) is 11.1 Å². The molecule has 1 aliphatic rings. The average Bonchev–Trinajstić information content (AvgIpc) is 2.82. The van der Waals surface area contributed by atoms with E-state index in [1.54, 1.807) is 24.3 Å². The van der Waals surface area contributed by atoms with Crippen LogP contribution in [0.3, 0.4) is 0 Å². The zero-order chi connectivity index (χ0) is 15.5. The molecular formula is C17H12N2O3. The molecular weight excluding hydrogens is 280 g/mol. The van der Waals surface area contributed by atoms with Crippen LogP contribution in [0.4, 0.5) is 11.4 Å². The molecule has 1 aliphatic heterocycles. The Morgan fingerprint density at radius 1 is 1.14 bits per heavy atom. The molecule has 3 rings (SSSR count). The lowest BCUT2D eigenvalue weighted by atomic mass is 10.1. The highest BCUT2D eigenvalue weighted by atomic mass is 16.4. The van der Waals surface area contributed by atoms with Crippen molar-refractivity contribution in [1.29, 1.82) is 0 Å². The van der Waals surface area contributed by atoms with E-state index in [0.717, 1.165) is 17.3 Å². The first-order chi connectivity index (χ1) is 10.6. The maximum atomic E-state index is 12.0. The fourth-order valence-electron chi connectivity index (χ4n) is 2.21. The van der Waals surface area contributed by atoms with Crippen LogP contribution in [0.25, 0.3) is 6.08 Å². The van der Waals surface area contributed by atoms with Gasteiger partial charge in [-0.25, -0.2) is 9.79 Å². The second-order valence-corrected chi connectivity index (χ2v) is 4.73. The van der Waals surface area contributed by atoms with E-state index in [-0.39, 0.29) is 5.91 Å². The van der Waals surface area contributed by atoms with Crippen molar-refractivity contribution in [3.8, 4) is 0 Å². The van der Waals surface area contributed by atoms with E-state index in [4.69, 9.17) is 5.11 Å². The van der Waals surface area contributed by atoms with Gasteiger partial charge in [-0.2, -0.15) is 0 Å². The van der Waals surface area contributed by atoms with Gasteiger partial charge in [0.05, 0.1) is 11.4 Å². The molecule has 0 aromatic heterocycles. The Labute approximate surface area is 126 Å². The van der Waals surface area contributed by atoms with Crippen molar-refractivity contribution in [1.82, 2.24) is 0 Å². The number of nitrogens with zero attached hydrogens (tertiary/aromatic N) is 1. The third-order valence-electron chi connectivity index (χ3n) is 3.17. The van der Waals surface area contributed by atoms with Crippen molar-refractivity contribution in [2.75, 3.05) is 5.32 Å². The highest BCUT2D eigenvalue weighted by molar-refractivity contribution is 6.54. The van der Waals surface area contributed by atoms with Crippen LogP contribution in [-0.4, -0.2) is 22.7 Å². The maximum absolute atomic E-state index is 12.0.